The molecule has 0 aliphatic carbocycles. The number of thiazole rings is 1. The minimum Gasteiger partial charge on any atom is -0.463 e. The lowest BCUT2D eigenvalue weighted by Crippen LogP contribution is -2.26. The van der Waals surface area contributed by atoms with Crippen LogP contribution in [-0.4, -0.2) is 31.6 Å². The van der Waals surface area contributed by atoms with E-state index in [0.29, 0.717) is 18.1 Å². The first-order valence-corrected chi connectivity index (χ1v) is 9.32. The number of hydrogen-bond acceptors (Lipinski definition) is 5. The van der Waals surface area contributed by atoms with E-state index in [2.05, 4.69) is 15.4 Å². The standard InChI is InChI=1S/C19H15N5O2S/c25-18(19-21-13-4-1-2-6-16(13)27-19)20-7-8-23-9-10-24-17(23)12-14(22-24)15-5-3-11-26-15/h1-6,9-12H,7-8H2,(H,20,25). The number of fused-ring (bicyclic) bond motifs is 2. The molecule has 0 aliphatic rings. The Morgan fingerprint density at radius 1 is 1.19 bits per heavy atom. The highest BCUT2D eigenvalue weighted by atomic mass is 32.1. The summed E-state index contributed by atoms with van der Waals surface area (Å²) < 4.78 is 10.2. The van der Waals surface area contributed by atoms with Gasteiger partial charge >= 0.3 is 0 Å². The topological polar surface area (TPSA) is 77.4 Å². The number of imidazole rings is 1. The van der Waals surface area contributed by atoms with Crippen LogP contribution in [0, 0.1) is 0 Å². The number of hydrogen-bond donors (Lipinski definition) is 1. The van der Waals surface area contributed by atoms with Crippen molar-refractivity contribution in [2.75, 3.05) is 6.54 Å². The van der Waals surface area contributed by atoms with Crippen LogP contribution in [0.2, 0.25) is 0 Å². The van der Waals surface area contributed by atoms with Gasteiger partial charge in [0.05, 0.1) is 16.5 Å². The van der Waals surface area contributed by atoms with Crippen molar-refractivity contribution < 1.29 is 9.21 Å². The predicted molar refractivity (Wildman–Crippen MR) is 103 cm³/mol. The zero-order valence-electron chi connectivity index (χ0n) is 14.2. The second kappa shape index (κ2) is 6.40. The fourth-order valence-corrected chi connectivity index (χ4v) is 3.88. The van der Waals surface area contributed by atoms with E-state index >= 15 is 0 Å². The Balaban J connectivity index is 1.28. The molecule has 0 atom stereocenters. The Morgan fingerprint density at radius 3 is 2.96 bits per heavy atom. The van der Waals surface area contributed by atoms with Gasteiger partial charge in [-0.1, -0.05) is 12.1 Å². The highest BCUT2D eigenvalue weighted by molar-refractivity contribution is 7.20. The average molecular weight is 377 g/mol. The summed E-state index contributed by atoms with van der Waals surface area (Å²) in [6.07, 6.45) is 5.46. The van der Waals surface area contributed by atoms with E-state index in [0.717, 1.165) is 27.3 Å². The smallest absolute Gasteiger partial charge is 0.280 e. The first kappa shape index (κ1) is 15.8. The average Bonchev–Trinajstić information content (AvgIpc) is 3.44. The molecule has 0 unspecified atom stereocenters. The van der Waals surface area contributed by atoms with Crippen LogP contribution in [-0.2, 0) is 6.54 Å². The number of aromatic nitrogens is 4. The first-order valence-electron chi connectivity index (χ1n) is 8.50. The van der Waals surface area contributed by atoms with Crippen LogP contribution in [0.15, 0.2) is 65.5 Å². The maximum Gasteiger partial charge on any atom is 0.280 e. The maximum absolute atomic E-state index is 12.4. The van der Waals surface area contributed by atoms with Gasteiger partial charge in [0.15, 0.2) is 10.8 Å². The third-order valence-electron chi connectivity index (χ3n) is 4.30. The number of carbonyl (C=O) groups is 1. The van der Waals surface area contributed by atoms with Crippen molar-refractivity contribution in [3.63, 3.8) is 0 Å². The van der Waals surface area contributed by atoms with Crippen molar-refractivity contribution in [1.29, 1.82) is 0 Å². The van der Waals surface area contributed by atoms with Crippen LogP contribution in [0.25, 0.3) is 27.3 Å². The maximum atomic E-state index is 12.4. The number of furan rings is 1. The van der Waals surface area contributed by atoms with Crippen molar-refractivity contribution in [2.45, 2.75) is 6.54 Å². The first-order chi connectivity index (χ1) is 13.3. The molecule has 0 bridgehead atoms. The lowest BCUT2D eigenvalue weighted by atomic mass is 10.3. The molecule has 4 aromatic heterocycles. The molecular formula is C19H15N5O2S. The van der Waals surface area contributed by atoms with Gasteiger partial charge in [0.2, 0.25) is 0 Å². The van der Waals surface area contributed by atoms with Crippen LogP contribution in [0.4, 0.5) is 0 Å². The van der Waals surface area contributed by atoms with Crippen LogP contribution in [0.1, 0.15) is 9.80 Å². The van der Waals surface area contributed by atoms with Crippen molar-refractivity contribution in [3.05, 3.63) is 66.1 Å². The van der Waals surface area contributed by atoms with E-state index in [1.54, 1.807) is 10.8 Å². The highest BCUT2D eigenvalue weighted by Gasteiger charge is 2.13. The second-order valence-corrected chi connectivity index (χ2v) is 7.07. The van der Waals surface area contributed by atoms with E-state index in [1.807, 2.05) is 59.4 Å². The number of nitrogens with one attached hydrogen (secondary N) is 1. The van der Waals surface area contributed by atoms with E-state index in [-0.39, 0.29) is 5.91 Å². The zero-order valence-corrected chi connectivity index (χ0v) is 15.0. The van der Waals surface area contributed by atoms with Gasteiger partial charge in [-0.05, 0) is 24.3 Å². The van der Waals surface area contributed by atoms with Crippen molar-refractivity contribution in [1.82, 2.24) is 24.5 Å². The molecule has 1 amide bonds. The molecule has 5 rings (SSSR count). The predicted octanol–water partition coefficient (Wildman–Crippen LogP) is 3.44. The number of amides is 1. The lowest BCUT2D eigenvalue weighted by molar-refractivity contribution is 0.0952. The second-order valence-electron chi connectivity index (χ2n) is 6.04. The molecule has 8 heteroatoms. The monoisotopic (exact) mass is 377 g/mol. The zero-order chi connectivity index (χ0) is 18.2. The molecule has 134 valence electrons. The summed E-state index contributed by atoms with van der Waals surface area (Å²) in [7, 11) is 0. The van der Waals surface area contributed by atoms with Crippen LogP contribution >= 0.6 is 11.3 Å². The normalized spacial score (nSPS) is 11.4. The van der Waals surface area contributed by atoms with Crippen LogP contribution in [0.5, 0.6) is 0 Å². The molecule has 0 aliphatic heterocycles. The molecule has 0 radical (unpaired) electrons. The molecule has 0 saturated carbocycles. The quantitative estimate of drug-likeness (QED) is 0.509. The molecular weight excluding hydrogens is 362 g/mol. The summed E-state index contributed by atoms with van der Waals surface area (Å²) in [6.45, 7) is 1.14. The molecule has 4 heterocycles. The van der Waals surface area contributed by atoms with Gasteiger partial charge in [-0.3, -0.25) is 4.79 Å². The number of benzene rings is 1. The Morgan fingerprint density at radius 2 is 2.11 bits per heavy atom. The Hall–Kier alpha value is -3.39. The number of rotatable bonds is 5. The third kappa shape index (κ3) is 2.89. The van der Waals surface area contributed by atoms with Gasteiger partial charge < -0.3 is 14.3 Å². The van der Waals surface area contributed by atoms with Crippen molar-refractivity contribution in [3.8, 4) is 11.5 Å². The van der Waals surface area contributed by atoms with Crippen LogP contribution in [0.3, 0.4) is 0 Å². The summed E-state index contributed by atoms with van der Waals surface area (Å²) in [6, 6.07) is 13.4. The van der Waals surface area contributed by atoms with Gasteiger partial charge in [-0.25, -0.2) is 9.50 Å². The number of para-hydroxylation sites is 1. The summed E-state index contributed by atoms with van der Waals surface area (Å²) >= 11 is 1.40. The fourth-order valence-electron chi connectivity index (χ4n) is 3.00. The Labute approximate surface area is 157 Å². The minimum absolute atomic E-state index is 0.149. The Kier molecular flexibility index (Phi) is 3.75. The molecule has 5 aromatic rings. The van der Waals surface area contributed by atoms with Gasteiger partial charge in [0, 0.05) is 31.5 Å². The molecule has 0 fully saturated rings. The van der Waals surface area contributed by atoms with Gasteiger partial charge in [-0.15, -0.1) is 11.3 Å². The summed E-state index contributed by atoms with van der Waals surface area (Å²) in [5.41, 5.74) is 2.57. The SMILES string of the molecule is O=C(NCCn1ccn2nc(-c3ccco3)cc12)c1nc2ccccc2s1. The number of carbonyl (C=O) groups excluding carboxylic acids is 1. The lowest BCUT2D eigenvalue weighted by Gasteiger charge is -2.04. The minimum atomic E-state index is -0.149. The van der Waals surface area contributed by atoms with Crippen molar-refractivity contribution in [2.24, 2.45) is 0 Å². The summed E-state index contributed by atoms with van der Waals surface area (Å²) in [4.78, 5) is 16.7. The van der Waals surface area contributed by atoms with Crippen molar-refractivity contribution >= 4 is 33.1 Å². The summed E-state index contributed by atoms with van der Waals surface area (Å²) in [5.74, 6) is 0.582. The third-order valence-corrected chi connectivity index (χ3v) is 5.33. The molecule has 7 nitrogen and oxygen atoms in total. The van der Waals surface area contributed by atoms with Crippen LogP contribution < -0.4 is 5.32 Å². The van der Waals surface area contributed by atoms with Gasteiger partial charge in [0.1, 0.15) is 11.3 Å². The van der Waals surface area contributed by atoms with E-state index < -0.39 is 0 Å². The van der Waals surface area contributed by atoms with Gasteiger partial charge in [-0.2, -0.15) is 5.10 Å². The van der Waals surface area contributed by atoms with Gasteiger partial charge in [0.25, 0.3) is 5.91 Å². The largest absolute Gasteiger partial charge is 0.463 e. The van der Waals surface area contributed by atoms with E-state index in [9.17, 15) is 4.79 Å². The highest BCUT2D eigenvalue weighted by Crippen LogP contribution is 2.22. The molecule has 27 heavy (non-hydrogen) atoms. The Bertz CT molecular complexity index is 1200. The summed E-state index contributed by atoms with van der Waals surface area (Å²) in [5, 5.41) is 7.92. The van der Waals surface area contributed by atoms with E-state index in [1.165, 1.54) is 11.3 Å². The molecule has 1 N–H and O–H groups in total. The number of nitrogens with zero attached hydrogens (tertiary/aromatic N) is 4. The van der Waals surface area contributed by atoms with E-state index in [4.69, 9.17) is 4.42 Å². The molecule has 1 aromatic carbocycles. The molecule has 0 spiro atoms. The molecule has 0 saturated heterocycles. The fraction of sp³-hybridized carbons (Fsp3) is 0.105.